The molecule has 1 aromatic rings. The molecule has 0 aliphatic carbocycles. The van der Waals surface area contributed by atoms with Gasteiger partial charge in [-0.05, 0) is 23.8 Å². The summed E-state index contributed by atoms with van der Waals surface area (Å²) in [6.07, 6.45) is 1.22. The smallest absolute Gasteiger partial charge is 0.211 e. The first-order valence-electron chi connectivity index (χ1n) is 6.07. The Morgan fingerprint density at radius 3 is 2.47 bits per heavy atom. The molecule has 5 nitrogen and oxygen atoms in total. The van der Waals surface area contributed by atoms with E-state index in [-0.39, 0.29) is 5.82 Å². The third-order valence-electron chi connectivity index (χ3n) is 3.30. The first-order valence-corrected chi connectivity index (χ1v) is 7.92. The van der Waals surface area contributed by atoms with Crippen molar-refractivity contribution < 1.29 is 12.8 Å². The number of nitrogens with zero attached hydrogens (tertiary/aromatic N) is 2. The van der Waals surface area contributed by atoms with Crippen LogP contribution in [0, 0.1) is 5.82 Å². The maximum absolute atomic E-state index is 13.2. The first-order chi connectivity index (χ1) is 8.86. The lowest BCUT2D eigenvalue weighted by molar-refractivity contribution is 0.182. The molecule has 0 spiro atoms. The highest BCUT2D eigenvalue weighted by molar-refractivity contribution is 7.88. The molecule has 0 unspecified atom stereocenters. The van der Waals surface area contributed by atoms with Gasteiger partial charge in [0.1, 0.15) is 5.82 Å². The molecule has 7 heteroatoms. The van der Waals surface area contributed by atoms with Gasteiger partial charge in [-0.1, -0.05) is 0 Å². The summed E-state index contributed by atoms with van der Waals surface area (Å²) >= 11 is 0. The van der Waals surface area contributed by atoms with Crippen LogP contribution in [-0.4, -0.2) is 50.1 Å². The van der Waals surface area contributed by atoms with Crippen molar-refractivity contribution in [2.75, 3.05) is 38.2 Å². The van der Waals surface area contributed by atoms with Crippen molar-refractivity contribution in [1.29, 1.82) is 0 Å². The quantitative estimate of drug-likeness (QED) is 0.821. The van der Waals surface area contributed by atoms with Crippen LogP contribution in [0.2, 0.25) is 0 Å². The number of piperazine rings is 1. The van der Waals surface area contributed by atoms with Crippen LogP contribution in [0.3, 0.4) is 0 Å². The van der Waals surface area contributed by atoms with E-state index in [0.29, 0.717) is 38.4 Å². The van der Waals surface area contributed by atoms with Crippen molar-refractivity contribution in [2.24, 2.45) is 0 Å². The minimum absolute atomic E-state index is 0.307. The van der Waals surface area contributed by atoms with Crippen molar-refractivity contribution in [3.8, 4) is 0 Å². The van der Waals surface area contributed by atoms with Crippen LogP contribution in [-0.2, 0) is 16.6 Å². The summed E-state index contributed by atoms with van der Waals surface area (Å²) < 4.78 is 37.4. The zero-order valence-electron chi connectivity index (χ0n) is 10.8. The Bertz CT molecular complexity index is 554. The molecule has 1 saturated heterocycles. The minimum Gasteiger partial charge on any atom is -0.398 e. The van der Waals surface area contributed by atoms with Gasteiger partial charge < -0.3 is 5.73 Å². The summed E-state index contributed by atoms with van der Waals surface area (Å²) in [6, 6.07) is 4.32. The zero-order valence-corrected chi connectivity index (χ0v) is 11.7. The van der Waals surface area contributed by atoms with Crippen molar-refractivity contribution in [3.05, 3.63) is 29.6 Å². The molecule has 0 atom stereocenters. The number of sulfonamides is 1. The molecule has 0 bridgehead atoms. The lowest BCUT2D eigenvalue weighted by Gasteiger charge is -2.33. The van der Waals surface area contributed by atoms with E-state index in [1.165, 1.54) is 22.7 Å². The number of halogens is 1. The summed E-state index contributed by atoms with van der Waals surface area (Å²) in [5.41, 5.74) is 7.11. The standard InChI is InChI=1S/C12H18FN3O2S/c1-19(17,18)16-6-4-15(5-7-16)9-10-8-11(13)2-3-12(10)14/h2-3,8H,4-7,9,14H2,1H3. The number of hydrogen-bond donors (Lipinski definition) is 1. The second-order valence-electron chi connectivity index (χ2n) is 4.78. The lowest BCUT2D eigenvalue weighted by Crippen LogP contribution is -2.47. The van der Waals surface area contributed by atoms with Crippen LogP contribution in [0.1, 0.15) is 5.56 Å². The van der Waals surface area contributed by atoms with Gasteiger partial charge in [-0.25, -0.2) is 12.8 Å². The van der Waals surface area contributed by atoms with Gasteiger partial charge in [-0.15, -0.1) is 0 Å². The summed E-state index contributed by atoms with van der Waals surface area (Å²) in [7, 11) is -3.12. The predicted molar refractivity (Wildman–Crippen MR) is 72.5 cm³/mol. The number of anilines is 1. The van der Waals surface area contributed by atoms with Crippen molar-refractivity contribution in [3.63, 3.8) is 0 Å². The molecular formula is C12H18FN3O2S. The van der Waals surface area contributed by atoms with Gasteiger partial charge in [0.2, 0.25) is 10.0 Å². The van der Waals surface area contributed by atoms with E-state index in [4.69, 9.17) is 5.73 Å². The number of benzene rings is 1. The van der Waals surface area contributed by atoms with Crippen LogP contribution >= 0.6 is 0 Å². The van der Waals surface area contributed by atoms with Gasteiger partial charge in [0.25, 0.3) is 0 Å². The largest absolute Gasteiger partial charge is 0.398 e. The van der Waals surface area contributed by atoms with Gasteiger partial charge in [-0.2, -0.15) is 4.31 Å². The minimum atomic E-state index is -3.12. The van der Waals surface area contributed by atoms with Crippen molar-refractivity contribution in [2.45, 2.75) is 6.54 Å². The molecule has 106 valence electrons. The normalized spacial score (nSPS) is 18.6. The van der Waals surface area contributed by atoms with Gasteiger partial charge in [0, 0.05) is 38.4 Å². The molecule has 19 heavy (non-hydrogen) atoms. The van der Waals surface area contributed by atoms with Gasteiger partial charge in [0.15, 0.2) is 0 Å². The Balaban J connectivity index is 1.98. The SMILES string of the molecule is CS(=O)(=O)N1CCN(Cc2cc(F)ccc2N)CC1. The van der Waals surface area contributed by atoms with Crippen molar-refractivity contribution >= 4 is 15.7 Å². The Hall–Kier alpha value is -1.18. The molecule has 0 aromatic heterocycles. The number of nitrogen functional groups attached to an aromatic ring is 1. The van der Waals surface area contributed by atoms with E-state index >= 15 is 0 Å². The predicted octanol–water partition coefficient (Wildman–Crippen LogP) is 0.485. The van der Waals surface area contributed by atoms with E-state index in [1.54, 1.807) is 6.07 Å². The average molecular weight is 287 g/mol. The number of nitrogens with two attached hydrogens (primary N) is 1. The Kier molecular flexibility index (Phi) is 4.07. The number of rotatable bonds is 3. The molecular weight excluding hydrogens is 269 g/mol. The van der Waals surface area contributed by atoms with Crippen LogP contribution in [0.5, 0.6) is 0 Å². The zero-order chi connectivity index (χ0) is 14.0. The lowest BCUT2D eigenvalue weighted by atomic mass is 10.1. The fraction of sp³-hybridized carbons (Fsp3) is 0.500. The number of hydrogen-bond acceptors (Lipinski definition) is 4. The van der Waals surface area contributed by atoms with Crippen LogP contribution in [0.25, 0.3) is 0 Å². The van der Waals surface area contributed by atoms with E-state index in [9.17, 15) is 12.8 Å². The van der Waals surface area contributed by atoms with Crippen LogP contribution < -0.4 is 5.73 Å². The third-order valence-corrected chi connectivity index (χ3v) is 4.60. The fourth-order valence-electron chi connectivity index (χ4n) is 2.17. The van der Waals surface area contributed by atoms with E-state index in [0.717, 1.165) is 5.56 Å². The molecule has 1 aliphatic rings. The molecule has 0 saturated carbocycles. The highest BCUT2D eigenvalue weighted by atomic mass is 32.2. The molecule has 1 aromatic carbocycles. The third kappa shape index (κ3) is 3.65. The molecule has 1 fully saturated rings. The molecule has 1 aliphatic heterocycles. The highest BCUT2D eigenvalue weighted by Gasteiger charge is 2.23. The van der Waals surface area contributed by atoms with Gasteiger partial charge in [-0.3, -0.25) is 4.90 Å². The maximum atomic E-state index is 13.2. The monoisotopic (exact) mass is 287 g/mol. The van der Waals surface area contributed by atoms with Gasteiger partial charge in [0.05, 0.1) is 6.26 Å². The summed E-state index contributed by atoms with van der Waals surface area (Å²) in [6.45, 7) is 2.73. The second-order valence-corrected chi connectivity index (χ2v) is 6.76. The molecule has 2 N–H and O–H groups in total. The van der Waals surface area contributed by atoms with Crippen molar-refractivity contribution in [1.82, 2.24) is 9.21 Å². The van der Waals surface area contributed by atoms with Crippen LogP contribution in [0.15, 0.2) is 18.2 Å². The summed E-state index contributed by atoms with van der Waals surface area (Å²) in [5, 5.41) is 0. The first kappa shape index (κ1) is 14.2. The Morgan fingerprint density at radius 2 is 1.89 bits per heavy atom. The summed E-state index contributed by atoms with van der Waals surface area (Å²) in [4.78, 5) is 2.08. The molecule has 0 amide bonds. The van der Waals surface area contributed by atoms with Crippen LogP contribution in [0.4, 0.5) is 10.1 Å². The maximum Gasteiger partial charge on any atom is 0.211 e. The highest BCUT2D eigenvalue weighted by Crippen LogP contribution is 2.17. The topological polar surface area (TPSA) is 66.6 Å². The molecule has 2 rings (SSSR count). The second kappa shape index (κ2) is 5.44. The fourth-order valence-corrected chi connectivity index (χ4v) is 3.00. The van der Waals surface area contributed by atoms with E-state index in [2.05, 4.69) is 4.90 Å². The Morgan fingerprint density at radius 1 is 1.26 bits per heavy atom. The molecule has 1 heterocycles. The average Bonchev–Trinajstić information content (AvgIpc) is 2.33. The summed E-state index contributed by atoms with van der Waals surface area (Å²) in [5.74, 6) is -0.307. The van der Waals surface area contributed by atoms with E-state index < -0.39 is 10.0 Å². The van der Waals surface area contributed by atoms with Gasteiger partial charge >= 0.3 is 0 Å². The van der Waals surface area contributed by atoms with E-state index in [1.807, 2.05) is 0 Å². The Labute approximate surface area is 112 Å². The molecule has 0 radical (unpaired) electrons.